The van der Waals surface area contributed by atoms with Crippen LogP contribution in [-0.2, 0) is 14.8 Å². The lowest BCUT2D eigenvalue weighted by atomic mass is 10.2. The SMILES string of the molecule is O=C(C1CC1)N1CCN(c2ccc(Nc3cc4c(cn3)cnn4S(=O)(=O)c3cccc4cccnc34)cc2)CC1. The van der Waals surface area contributed by atoms with Crippen LogP contribution in [0.15, 0.2) is 84.1 Å². The quantitative estimate of drug-likeness (QED) is 0.336. The Morgan fingerprint density at radius 1 is 0.875 bits per heavy atom. The lowest BCUT2D eigenvalue weighted by Crippen LogP contribution is -2.49. The molecule has 2 fully saturated rings. The van der Waals surface area contributed by atoms with Crippen molar-refractivity contribution < 1.29 is 13.2 Å². The molecule has 40 heavy (non-hydrogen) atoms. The Morgan fingerprint density at radius 2 is 1.65 bits per heavy atom. The summed E-state index contributed by atoms with van der Waals surface area (Å²) >= 11 is 0. The molecule has 2 aliphatic rings. The molecule has 1 N–H and O–H groups in total. The Hall–Kier alpha value is -4.51. The Kier molecular flexibility index (Phi) is 5.88. The standard InChI is InChI=1S/C29H27N7O3S/c37-29(21-6-7-21)35-15-13-34(14-16-35)24-10-8-23(9-11-24)33-27-17-25-22(18-31-27)19-32-36(25)40(38,39)26-5-1-3-20-4-2-12-30-28(20)26/h1-5,8-12,17-19,21H,6-7,13-16H2,(H,31,33). The third-order valence-electron chi connectivity index (χ3n) is 7.54. The van der Waals surface area contributed by atoms with Crippen molar-refractivity contribution in [1.82, 2.24) is 24.1 Å². The van der Waals surface area contributed by atoms with Gasteiger partial charge >= 0.3 is 0 Å². The van der Waals surface area contributed by atoms with Crippen molar-refractivity contribution in [2.75, 3.05) is 36.4 Å². The van der Waals surface area contributed by atoms with Gasteiger partial charge in [-0.15, -0.1) is 0 Å². The Balaban J connectivity index is 1.10. The van der Waals surface area contributed by atoms with Crippen LogP contribution < -0.4 is 10.2 Å². The highest BCUT2D eigenvalue weighted by Crippen LogP contribution is 2.32. The van der Waals surface area contributed by atoms with E-state index in [2.05, 4.69) is 25.3 Å². The first kappa shape index (κ1) is 24.5. The zero-order valence-electron chi connectivity index (χ0n) is 21.6. The summed E-state index contributed by atoms with van der Waals surface area (Å²) in [7, 11) is -4.01. The van der Waals surface area contributed by atoms with E-state index in [0.717, 1.165) is 59.9 Å². The van der Waals surface area contributed by atoms with Crippen LogP contribution in [0.5, 0.6) is 0 Å². The highest BCUT2D eigenvalue weighted by Gasteiger charge is 2.34. The smallest absolute Gasteiger partial charge is 0.285 e. The van der Waals surface area contributed by atoms with E-state index < -0.39 is 10.0 Å². The number of anilines is 3. The molecule has 1 aliphatic carbocycles. The minimum atomic E-state index is -4.01. The van der Waals surface area contributed by atoms with Crippen LogP contribution in [-0.4, -0.2) is 64.6 Å². The fourth-order valence-electron chi connectivity index (χ4n) is 5.21. The molecule has 0 unspecified atom stereocenters. The number of pyridine rings is 2. The molecule has 10 nitrogen and oxygen atoms in total. The van der Waals surface area contributed by atoms with Crippen LogP contribution in [0.1, 0.15) is 12.8 Å². The maximum atomic E-state index is 13.7. The third-order valence-corrected chi connectivity index (χ3v) is 9.18. The summed E-state index contributed by atoms with van der Waals surface area (Å²) < 4.78 is 28.4. The van der Waals surface area contributed by atoms with Crippen molar-refractivity contribution in [3.63, 3.8) is 0 Å². The Bertz CT molecular complexity index is 1840. The van der Waals surface area contributed by atoms with E-state index in [1.54, 1.807) is 36.7 Å². The van der Waals surface area contributed by atoms with Crippen LogP contribution in [0.2, 0.25) is 0 Å². The van der Waals surface area contributed by atoms with Gasteiger partial charge in [-0.2, -0.15) is 17.6 Å². The normalized spacial score (nSPS) is 16.0. The van der Waals surface area contributed by atoms with E-state index in [1.165, 1.54) is 6.20 Å². The fraction of sp³-hybridized carbons (Fsp3) is 0.241. The second-order valence-electron chi connectivity index (χ2n) is 10.2. The molecule has 1 amide bonds. The Morgan fingerprint density at radius 3 is 2.42 bits per heavy atom. The lowest BCUT2D eigenvalue weighted by molar-refractivity contribution is -0.132. The van der Waals surface area contributed by atoms with Gasteiger partial charge in [0.05, 0.1) is 17.2 Å². The van der Waals surface area contributed by atoms with Gasteiger partial charge in [-0.1, -0.05) is 18.2 Å². The number of fused-ring (bicyclic) bond motifs is 2. The number of carbonyl (C=O) groups is 1. The Labute approximate surface area is 231 Å². The summed E-state index contributed by atoms with van der Waals surface area (Å²) in [5, 5.41) is 8.81. The average molecular weight is 554 g/mol. The molecule has 7 rings (SSSR count). The summed E-state index contributed by atoms with van der Waals surface area (Å²) in [6, 6.07) is 18.4. The van der Waals surface area contributed by atoms with Gasteiger partial charge in [-0.3, -0.25) is 9.78 Å². The molecule has 4 heterocycles. The molecule has 0 atom stereocenters. The second-order valence-corrected chi connectivity index (χ2v) is 11.9. The van der Waals surface area contributed by atoms with E-state index in [-0.39, 0.29) is 10.8 Å². The molecule has 11 heteroatoms. The highest BCUT2D eigenvalue weighted by atomic mass is 32.2. The average Bonchev–Trinajstić information content (AvgIpc) is 3.75. The summed E-state index contributed by atoms with van der Waals surface area (Å²) in [4.78, 5) is 25.5. The van der Waals surface area contributed by atoms with Gasteiger partial charge in [-0.05, 0) is 49.2 Å². The maximum Gasteiger partial charge on any atom is 0.285 e. The zero-order chi connectivity index (χ0) is 27.3. The first-order valence-electron chi connectivity index (χ1n) is 13.3. The molecular weight excluding hydrogens is 526 g/mol. The number of nitrogens with one attached hydrogen (secondary N) is 1. The summed E-state index contributed by atoms with van der Waals surface area (Å²) in [5.41, 5.74) is 2.74. The number of benzene rings is 2. The van der Waals surface area contributed by atoms with E-state index in [1.807, 2.05) is 41.3 Å². The van der Waals surface area contributed by atoms with Crippen molar-refractivity contribution in [3.8, 4) is 0 Å². The molecule has 3 aromatic heterocycles. The van der Waals surface area contributed by atoms with E-state index >= 15 is 0 Å². The molecule has 1 saturated carbocycles. The maximum absolute atomic E-state index is 13.7. The predicted molar refractivity (Wildman–Crippen MR) is 153 cm³/mol. The van der Waals surface area contributed by atoms with Crippen molar-refractivity contribution in [1.29, 1.82) is 0 Å². The van der Waals surface area contributed by atoms with Gasteiger partial charge < -0.3 is 15.1 Å². The van der Waals surface area contributed by atoms with Crippen LogP contribution >= 0.6 is 0 Å². The largest absolute Gasteiger partial charge is 0.368 e. The minimum Gasteiger partial charge on any atom is -0.368 e. The van der Waals surface area contributed by atoms with E-state index in [9.17, 15) is 13.2 Å². The summed E-state index contributed by atoms with van der Waals surface area (Å²) in [5.74, 6) is 1.07. The molecule has 1 saturated heterocycles. The number of carbonyl (C=O) groups excluding carboxylic acids is 1. The number of amides is 1. The number of nitrogens with zero attached hydrogens (tertiary/aromatic N) is 6. The zero-order valence-corrected chi connectivity index (χ0v) is 22.5. The van der Waals surface area contributed by atoms with E-state index in [4.69, 9.17) is 0 Å². The van der Waals surface area contributed by atoms with Gasteiger partial charge in [0, 0.05) is 72.7 Å². The first-order valence-corrected chi connectivity index (χ1v) is 14.8. The van der Waals surface area contributed by atoms with Crippen LogP contribution in [0, 0.1) is 5.92 Å². The van der Waals surface area contributed by atoms with Gasteiger partial charge in [0.2, 0.25) is 5.91 Å². The van der Waals surface area contributed by atoms with Crippen LogP contribution in [0.25, 0.3) is 21.8 Å². The molecular formula is C29H27N7O3S. The predicted octanol–water partition coefficient (Wildman–Crippen LogP) is 4.02. The van der Waals surface area contributed by atoms with Gasteiger partial charge in [0.25, 0.3) is 10.0 Å². The van der Waals surface area contributed by atoms with Crippen molar-refractivity contribution in [2.24, 2.45) is 5.92 Å². The second kappa shape index (κ2) is 9.60. The van der Waals surface area contributed by atoms with Crippen LogP contribution in [0.3, 0.4) is 0 Å². The lowest BCUT2D eigenvalue weighted by Gasteiger charge is -2.36. The molecule has 0 spiro atoms. The number of para-hydroxylation sites is 1. The monoisotopic (exact) mass is 553 g/mol. The summed E-state index contributed by atoms with van der Waals surface area (Å²) in [6.45, 7) is 3.14. The molecule has 202 valence electrons. The van der Waals surface area contributed by atoms with Crippen molar-refractivity contribution in [3.05, 3.63) is 79.3 Å². The topological polar surface area (TPSA) is 113 Å². The van der Waals surface area contributed by atoms with E-state index in [0.29, 0.717) is 28.1 Å². The summed E-state index contributed by atoms with van der Waals surface area (Å²) in [6.07, 6.45) is 6.75. The van der Waals surface area contributed by atoms with Crippen molar-refractivity contribution >= 4 is 54.9 Å². The number of rotatable bonds is 6. The third kappa shape index (κ3) is 4.41. The number of hydrogen-bond acceptors (Lipinski definition) is 8. The van der Waals surface area contributed by atoms with Crippen molar-refractivity contribution in [2.45, 2.75) is 17.7 Å². The number of aromatic nitrogens is 4. The molecule has 0 radical (unpaired) electrons. The number of hydrogen-bond donors (Lipinski definition) is 1. The molecule has 1 aliphatic heterocycles. The van der Waals surface area contributed by atoms with Crippen LogP contribution in [0.4, 0.5) is 17.2 Å². The molecule has 2 aromatic carbocycles. The fourth-order valence-corrected chi connectivity index (χ4v) is 6.65. The minimum absolute atomic E-state index is 0.0928. The highest BCUT2D eigenvalue weighted by molar-refractivity contribution is 7.90. The first-order chi connectivity index (χ1) is 19.5. The van der Waals surface area contributed by atoms with Gasteiger partial charge in [0.15, 0.2) is 0 Å². The van der Waals surface area contributed by atoms with Gasteiger partial charge in [0.1, 0.15) is 10.7 Å². The number of piperazine rings is 1. The molecule has 0 bridgehead atoms. The molecule has 5 aromatic rings. The van der Waals surface area contributed by atoms with Gasteiger partial charge in [-0.25, -0.2) is 4.98 Å².